The number of esters is 2. The largest absolute Gasteiger partial charge is 0.490 e. The van der Waals surface area contributed by atoms with Crippen LogP contribution in [0.1, 0.15) is 20.8 Å². The van der Waals surface area contributed by atoms with Crippen molar-refractivity contribution in [3.63, 3.8) is 0 Å². The van der Waals surface area contributed by atoms with Crippen LogP contribution in [0.3, 0.4) is 0 Å². The Hall–Kier alpha value is -2.73. The Kier molecular flexibility index (Phi) is 12.0. The number of hydrogen-bond donors (Lipinski definition) is 1. The van der Waals surface area contributed by atoms with E-state index in [-0.39, 0.29) is 57.1 Å². The van der Waals surface area contributed by atoms with Gasteiger partial charge in [-0.05, 0) is 36.4 Å². The minimum absolute atomic E-state index is 0.0138. The van der Waals surface area contributed by atoms with Crippen LogP contribution in [0, 0.1) is 0 Å². The van der Waals surface area contributed by atoms with Gasteiger partial charge in [-0.15, -0.1) is 11.6 Å². The lowest BCUT2D eigenvalue weighted by molar-refractivity contribution is -0.148. The van der Waals surface area contributed by atoms with Crippen molar-refractivity contribution >= 4 is 62.5 Å². The zero-order chi connectivity index (χ0) is 28.5. The molecule has 0 fully saturated rings. The number of carbonyl (C=O) groups is 3. The Balaban J connectivity index is 2.14. The van der Waals surface area contributed by atoms with Crippen LogP contribution >= 0.6 is 34.8 Å². The Bertz CT molecular complexity index is 1230. The topological polar surface area (TPSA) is 134 Å². The molecule has 14 heteroatoms. The third-order valence-electron chi connectivity index (χ3n) is 4.68. The average Bonchev–Trinajstić information content (AvgIpc) is 2.83. The van der Waals surface area contributed by atoms with Crippen LogP contribution in [-0.4, -0.2) is 64.1 Å². The van der Waals surface area contributed by atoms with Gasteiger partial charge >= 0.3 is 11.9 Å². The minimum atomic E-state index is -4.02. The summed E-state index contributed by atoms with van der Waals surface area (Å²) in [4.78, 5) is 33.3. The average molecular weight is 611 g/mol. The van der Waals surface area contributed by atoms with E-state index in [9.17, 15) is 22.8 Å². The maximum Gasteiger partial charge on any atom is 0.303 e. The summed E-state index contributed by atoms with van der Waals surface area (Å²) < 4.78 is 47.5. The van der Waals surface area contributed by atoms with Gasteiger partial charge in [0.15, 0.2) is 11.9 Å². The Morgan fingerprint density at radius 3 is 1.87 bits per heavy atom. The number of amides is 1. The van der Waals surface area contributed by atoms with Gasteiger partial charge < -0.3 is 24.3 Å². The van der Waals surface area contributed by atoms with Gasteiger partial charge in [0.2, 0.25) is 15.7 Å². The molecule has 2 aromatic carbocycles. The van der Waals surface area contributed by atoms with Crippen LogP contribution in [0.4, 0.5) is 0 Å². The van der Waals surface area contributed by atoms with Crippen molar-refractivity contribution in [3.8, 4) is 11.5 Å². The normalized spacial score (nSPS) is 12.7. The number of benzene rings is 2. The fourth-order valence-corrected chi connectivity index (χ4v) is 5.21. The highest BCUT2D eigenvalue weighted by Gasteiger charge is 2.23. The molecular formula is C24H26Cl3NO9S. The molecule has 2 unspecified atom stereocenters. The van der Waals surface area contributed by atoms with E-state index < -0.39 is 34.0 Å². The molecule has 1 N–H and O–H groups in total. The maximum atomic E-state index is 13.2. The van der Waals surface area contributed by atoms with Gasteiger partial charge in [0.25, 0.3) is 0 Å². The summed E-state index contributed by atoms with van der Waals surface area (Å²) in [5.41, 5.74) is 0. The number of carbonyl (C=O) groups excluding carboxylic acids is 3. The Morgan fingerprint density at radius 1 is 0.842 bits per heavy atom. The highest BCUT2D eigenvalue weighted by atomic mass is 35.5. The van der Waals surface area contributed by atoms with Crippen molar-refractivity contribution in [1.82, 2.24) is 5.32 Å². The number of nitrogens with one attached hydrogen (secondary N) is 1. The molecule has 38 heavy (non-hydrogen) atoms. The lowest BCUT2D eigenvalue weighted by atomic mass is 10.3. The molecular weight excluding hydrogens is 585 g/mol. The van der Waals surface area contributed by atoms with Gasteiger partial charge in [0.1, 0.15) is 25.1 Å². The molecule has 2 atom stereocenters. The van der Waals surface area contributed by atoms with Gasteiger partial charge in [-0.3, -0.25) is 14.4 Å². The molecule has 0 bridgehead atoms. The summed E-state index contributed by atoms with van der Waals surface area (Å²) >= 11 is 18.2. The summed E-state index contributed by atoms with van der Waals surface area (Å²) in [5.74, 6) is -1.07. The van der Waals surface area contributed by atoms with E-state index in [0.29, 0.717) is 5.75 Å². The summed E-state index contributed by atoms with van der Waals surface area (Å²) in [5, 5.41) is 2.41. The molecule has 0 aliphatic rings. The first-order valence-electron chi connectivity index (χ1n) is 11.1. The lowest BCUT2D eigenvalue weighted by Crippen LogP contribution is -2.37. The summed E-state index contributed by atoms with van der Waals surface area (Å²) in [7, 11) is -4.02. The van der Waals surface area contributed by atoms with E-state index in [2.05, 4.69) is 5.32 Å². The summed E-state index contributed by atoms with van der Waals surface area (Å²) in [6, 6.07) is 7.90. The highest BCUT2D eigenvalue weighted by molar-refractivity contribution is 7.91. The van der Waals surface area contributed by atoms with Crippen LogP contribution in [0.25, 0.3) is 0 Å². The van der Waals surface area contributed by atoms with Crippen LogP contribution in [0.15, 0.2) is 46.2 Å². The summed E-state index contributed by atoms with van der Waals surface area (Å²) in [6.45, 7) is 3.64. The van der Waals surface area contributed by atoms with Gasteiger partial charge in [-0.2, -0.15) is 0 Å². The van der Waals surface area contributed by atoms with Crippen LogP contribution in [-0.2, 0) is 33.7 Å². The number of hydrogen-bond acceptors (Lipinski definition) is 9. The van der Waals surface area contributed by atoms with Crippen LogP contribution in [0.2, 0.25) is 10.0 Å². The predicted molar refractivity (Wildman–Crippen MR) is 140 cm³/mol. The second-order valence-corrected chi connectivity index (χ2v) is 10.9. The molecule has 10 nitrogen and oxygen atoms in total. The van der Waals surface area contributed by atoms with Gasteiger partial charge in [-0.25, -0.2) is 8.42 Å². The van der Waals surface area contributed by atoms with E-state index in [1.165, 1.54) is 57.2 Å². The standard InChI is InChI=1S/C24H26Cl3NO9S/c1-14(29)28-11-19(37-16(3)31)13-34-17-4-6-20(7-5-17)38(32,33)21-8-22(26)24(23(27)9-21)35-12-18(10-25)36-15(2)30/h4-9,18-19H,10-13H2,1-3H3,(H,28,29). The number of sulfone groups is 1. The second kappa shape index (κ2) is 14.4. The van der Waals surface area contributed by atoms with Crippen molar-refractivity contribution in [1.29, 1.82) is 0 Å². The highest BCUT2D eigenvalue weighted by Crippen LogP contribution is 2.37. The monoisotopic (exact) mass is 609 g/mol. The number of alkyl halides is 1. The van der Waals surface area contributed by atoms with Crippen LogP contribution in [0.5, 0.6) is 11.5 Å². The van der Waals surface area contributed by atoms with Crippen LogP contribution < -0.4 is 14.8 Å². The molecule has 0 aliphatic carbocycles. The molecule has 0 aliphatic heterocycles. The van der Waals surface area contributed by atoms with Gasteiger partial charge in [0.05, 0.1) is 32.3 Å². The van der Waals surface area contributed by atoms with Crippen molar-refractivity contribution in [2.75, 3.05) is 25.6 Å². The first-order chi connectivity index (χ1) is 17.8. The van der Waals surface area contributed by atoms with Crippen molar-refractivity contribution < 1.29 is 41.7 Å². The first kappa shape index (κ1) is 31.5. The molecule has 1 amide bonds. The predicted octanol–water partition coefficient (Wildman–Crippen LogP) is 3.82. The van der Waals surface area contributed by atoms with Gasteiger partial charge in [0, 0.05) is 20.8 Å². The molecule has 0 aromatic heterocycles. The summed E-state index contributed by atoms with van der Waals surface area (Å²) in [6.07, 6.45) is -1.49. The molecule has 0 radical (unpaired) electrons. The van der Waals surface area contributed by atoms with E-state index in [4.69, 9.17) is 53.8 Å². The maximum absolute atomic E-state index is 13.2. The smallest absolute Gasteiger partial charge is 0.303 e. The zero-order valence-corrected chi connectivity index (χ0v) is 23.7. The first-order valence-corrected chi connectivity index (χ1v) is 13.9. The molecule has 0 saturated carbocycles. The fraction of sp³-hybridized carbons (Fsp3) is 0.375. The Morgan fingerprint density at radius 2 is 1.37 bits per heavy atom. The number of rotatable bonds is 13. The number of halogens is 3. The molecule has 0 spiro atoms. The fourth-order valence-electron chi connectivity index (χ4n) is 3.02. The second-order valence-electron chi connectivity index (χ2n) is 7.87. The van der Waals surface area contributed by atoms with Crippen molar-refractivity contribution in [2.24, 2.45) is 0 Å². The molecule has 0 saturated heterocycles. The van der Waals surface area contributed by atoms with E-state index in [1.807, 2.05) is 0 Å². The molecule has 2 aromatic rings. The van der Waals surface area contributed by atoms with E-state index in [0.717, 1.165) is 0 Å². The minimum Gasteiger partial charge on any atom is -0.490 e. The van der Waals surface area contributed by atoms with Crippen molar-refractivity contribution in [3.05, 3.63) is 46.4 Å². The van der Waals surface area contributed by atoms with E-state index >= 15 is 0 Å². The third-order valence-corrected chi connectivity index (χ3v) is 7.34. The third kappa shape index (κ3) is 9.54. The lowest BCUT2D eigenvalue weighted by Gasteiger charge is -2.18. The Labute approximate surface area is 235 Å². The molecule has 2 rings (SSSR count). The van der Waals surface area contributed by atoms with Gasteiger partial charge in [-0.1, -0.05) is 23.2 Å². The molecule has 0 heterocycles. The SMILES string of the molecule is CC(=O)NCC(COc1ccc(S(=O)(=O)c2cc(Cl)c(OCC(CCl)OC(C)=O)c(Cl)c2)cc1)OC(C)=O. The van der Waals surface area contributed by atoms with E-state index in [1.54, 1.807) is 0 Å². The quantitative estimate of drug-likeness (QED) is 0.265. The zero-order valence-electron chi connectivity index (χ0n) is 20.7. The number of ether oxygens (including phenoxy) is 4. The van der Waals surface area contributed by atoms with Crippen molar-refractivity contribution in [2.45, 2.75) is 42.8 Å². The molecule has 208 valence electrons.